The Labute approximate surface area is 111 Å². The molecule has 2 aromatic rings. The third-order valence-corrected chi connectivity index (χ3v) is 2.61. The summed E-state index contributed by atoms with van der Waals surface area (Å²) in [5.74, 6) is 0. The van der Waals surface area contributed by atoms with E-state index in [9.17, 15) is 10.1 Å². The Morgan fingerprint density at radius 1 is 1.11 bits per heavy atom. The molecule has 0 aliphatic heterocycles. The van der Waals surface area contributed by atoms with Gasteiger partial charge in [0.05, 0.1) is 4.92 Å². The molecule has 2 aromatic carbocycles. The molecule has 0 fully saturated rings. The summed E-state index contributed by atoms with van der Waals surface area (Å²) in [5, 5.41) is 13.8. The number of allylic oxidation sites excluding steroid dienone is 1. The number of para-hydroxylation sites is 1. The molecule has 0 bridgehead atoms. The van der Waals surface area contributed by atoms with Crippen LogP contribution in [-0.4, -0.2) is 4.92 Å². The lowest BCUT2D eigenvalue weighted by molar-refractivity contribution is -0.422. The predicted molar refractivity (Wildman–Crippen MR) is 76.8 cm³/mol. The molecule has 0 aromatic heterocycles. The van der Waals surface area contributed by atoms with Gasteiger partial charge in [-0.25, -0.2) is 0 Å². The van der Waals surface area contributed by atoms with Gasteiger partial charge in [0.1, 0.15) is 0 Å². The van der Waals surface area contributed by atoms with Gasteiger partial charge in [-0.2, -0.15) is 0 Å². The number of nitro groups is 1. The molecule has 0 saturated carbocycles. The van der Waals surface area contributed by atoms with E-state index in [1.807, 2.05) is 54.6 Å². The van der Waals surface area contributed by atoms with Crippen LogP contribution in [0.2, 0.25) is 0 Å². The van der Waals surface area contributed by atoms with Crippen molar-refractivity contribution in [2.24, 2.45) is 0 Å². The summed E-state index contributed by atoms with van der Waals surface area (Å²) in [7, 11) is 0. The van der Waals surface area contributed by atoms with Gasteiger partial charge in [-0.15, -0.1) is 0 Å². The molecule has 0 heterocycles. The standard InChI is InChI=1S/C15H14N2O2/c1-12(17(18)19)10-13-6-5-9-15(11-13)16-14-7-3-2-4-8-14/h2-11,16H,1H3/b12-10+. The monoisotopic (exact) mass is 254 g/mol. The molecule has 0 aliphatic carbocycles. The van der Waals surface area contributed by atoms with Gasteiger partial charge < -0.3 is 5.32 Å². The fraction of sp³-hybridized carbons (Fsp3) is 0.0667. The fourth-order valence-electron chi connectivity index (χ4n) is 1.69. The van der Waals surface area contributed by atoms with E-state index in [0.717, 1.165) is 16.9 Å². The second kappa shape index (κ2) is 5.82. The lowest BCUT2D eigenvalue weighted by Crippen LogP contribution is -1.94. The molecule has 0 aliphatic rings. The number of nitrogens with zero attached hydrogens (tertiary/aromatic N) is 1. The van der Waals surface area contributed by atoms with Crippen LogP contribution in [0.25, 0.3) is 6.08 Å². The Balaban J connectivity index is 2.20. The zero-order chi connectivity index (χ0) is 13.7. The maximum Gasteiger partial charge on any atom is 0.243 e. The Morgan fingerprint density at radius 3 is 2.47 bits per heavy atom. The molecule has 0 saturated heterocycles. The minimum atomic E-state index is -0.392. The quantitative estimate of drug-likeness (QED) is 0.661. The summed E-state index contributed by atoms with van der Waals surface area (Å²) >= 11 is 0. The summed E-state index contributed by atoms with van der Waals surface area (Å²) in [4.78, 5) is 10.2. The highest BCUT2D eigenvalue weighted by Crippen LogP contribution is 2.18. The van der Waals surface area contributed by atoms with Crippen molar-refractivity contribution in [1.82, 2.24) is 0 Å². The van der Waals surface area contributed by atoms with Crippen LogP contribution in [0.3, 0.4) is 0 Å². The predicted octanol–water partition coefficient (Wildman–Crippen LogP) is 4.07. The lowest BCUT2D eigenvalue weighted by Gasteiger charge is -2.06. The van der Waals surface area contributed by atoms with Crippen molar-refractivity contribution < 1.29 is 4.92 Å². The van der Waals surface area contributed by atoms with E-state index in [0.29, 0.717) is 0 Å². The highest BCUT2D eigenvalue weighted by Gasteiger charge is 2.02. The lowest BCUT2D eigenvalue weighted by atomic mass is 10.1. The van der Waals surface area contributed by atoms with Crippen LogP contribution in [-0.2, 0) is 0 Å². The minimum Gasteiger partial charge on any atom is -0.356 e. The molecule has 4 heteroatoms. The number of nitrogens with one attached hydrogen (secondary N) is 1. The van der Waals surface area contributed by atoms with Crippen molar-refractivity contribution >= 4 is 17.5 Å². The molecule has 96 valence electrons. The maximum absolute atomic E-state index is 10.6. The summed E-state index contributed by atoms with van der Waals surface area (Å²) in [6, 6.07) is 17.3. The van der Waals surface area contributed by atoms with Crippen LogP contribution in [0, 0.1) is 10.1 Å². The zero-order valence-corrected chi connectivity index (χ0v) is 10.5. The second-order valence-electron chi connectivity index (χ2n) is 4.16. The topological polar surface area (TPSA) is 55.2 Å². The highest BCUT2D eigenvalue weighted by atomic mass is 16.6. The first-order valence-electron chi connectivity index (χ1n) is 5.90. The zero-order valence-electron chi connectivity index (χ0n) is 10.5. The summed E-state index contributed by atoms with van der Waals surface area (Å²) in [6.45, 7) is 1.48. The molecular formula is C15H14N2O2. The molecule has 1 N–H and O–H groups in total. The van der Waals surface area contributed by atoms with Crippen molar-refractivity contribution in [3.8, 4) is 0 Å². The van der Waals surface area contributed by atoms with Crippen molar-refractivity contribution in [2.45, 2.75) is 6.92 Å². The molecule has 2 rings (SSSR count). The van der Waals surface area contributed by atoms with Crippen molar-refractivity contribution in [3.63, 3.8) is 0 Å². The Hall–Kier alpha value is -2.62. The number of rotatable bonds is 4. The number of hydrogen-bond donors (Lipinski definition) is 1. The highest BCUT2D eigenvalue weighted by molar-refractivity contribution is 5.64. The maximum atomic E-state index is 10.6. The van der Waals surface area contributed by atoms with E-state index in [2.05, 4.69) is 5.32 Å². The van der Waals surface area contributed by atoms with Gasteiger partial charge >= 0.3 is 0 Å². The second-order valence-corrected chi connectivity index (χ2v) is 4.16. The van der Waals surface area contributed by atoms with E-state index in [-0.39, 0.29) is 5.70 Å². The van der Waals surface area contributed by atoms with E-state index < -0.39 is 4.92 Å². The van der Waals surface area contributed by atoms with Crippen LogP contribution >= 0.6 is 0 Å². The first kappa shape index (κ1) is 12.8. The molecule has 0 amide bonds. The summed E-state index contributed by atoms with van der Waals surface area (Å²) < 4.78 is 0. The smallest absolute Gasteiger partial charge is 0.243 e. The Kier molecular flexibility index (Phi) is 3.93. The van der Waals surface area contributed by atoms with E-state index in [1.54, 1.807) is 6.08 Å². The summed E-state index contributed by atoms with van der Waals surface area (Å²) in [6.07, 6.45) is 1.55. The van der Waals surface area contributed by atoms with Gasteiger partial charge in [0.15, 0.2) is 0 Å². The van der Waals surface area contributed by atoms with Gasteiger partial charge in [0.25, 0.3) is 0 Å². The Morgan fingerprint density at radius 2 is 1.79 bits per heavy atom. The van der Waals surface area contributed by atoms with E-state index >= 15 is 0 Å². The molecule has 0 radical (unpaired) electrons. The number of hydrogen-bond acceptors (Lipinski definition) is 3. The fourth-order valence-corrected chi connectivity index (χ4v) is 1.69. The third-order valence-electron chi connectivity index (χ3n) is 2.61. The van der Waals surface area contributed by atoms with Crippen LogP contribution in [0.4, 0.5) is 11.4 Å². The normalized spacial score (nSPS) is 11.1. The van der Waals surface area contributed by atoms with Crippen LogP contribution in [0.5, 0.6) is 0 Å². The number of anilines is 2. The minimum absolute atomic E-state index is 0.122. The summed E-state index contributed by atoms with van der Waals surface area (Å²) in [5.41, 5.74) is 2.80. The third kappa shape index (κ3) is 3.67. The van der Waals surface area contributed by atoms with Crippen LogP contribution < -0.4 is 5.32 Å². The van der Waals surface area contributed by atoms with Gasteiger partial charge in [-0.1, -0.05) is 30.3 Å². The van der Waals surface area contributed by atoms with Gasteiger partial charge in [-0.3, -0.25) is 10.1 Å². The van der Waals surface area contributed by atoms with E-state index in [4.69, 9.17) is 0 Å². The van der Waals surface area contributed by atoms with Crippen molar-refractivity contribution in [3.05, 3.63) is 76.0 Å². The van der Waals surface area contributed by atoms with Gasteiger partial charge in [0.2, 0.25) is 5.70 Å². The SMILES string of the molecule is C/C(=C\c1cccc(Nc2ccccc2)c1)[N+](=O)[O-]. The average Bonchev–Trinajstić information content (AvgIpc) is 2.40. The van der Waals surface area contributed by atoms with Crippen LogP contribution in [0.1, 0.15) is 12.5 Å². The Bertz CT molecular complexity index is 607. The van der Waals surface area contributed by atoms with Gasteiger partial charge in [0, 0.05) is 24.4 Å². The van der Waals surface area contributed by atoms with Crippen molar-refractivity contribution in [2.75, 3.05) is 5.32 Å². The first-order valence-corrected chi connectivity index (χ1v) is 5.90. The molecule has 19 heavy (non-hydrogen) atoms. The molecular weight excluding hydrogens is 240 g/mol. The van der Waals surface area contributed by atoms with Crippen LogP contribution in [0.15, 0.2) is 60.3 Å². The largest absolute Gasteiger partial charge is 0.356 e. The number of benzene rings is 2. The van der Waals surface area contributed by atoms with Gasteiger partial charge in [-0.05, 0) is 29.8 Å². The molecule has 0 spiro atoms. The average molecular weight is 254 g/mol. The molecule has 0 unspecified atom stereocenters. The molecule has 0 atom stereocenters. The van der Waals surface area contributed by atoms with E-state index in [1.165, 1.54) is 6.92 Å². The van der Waals surface area contributed by atoms with Crippen molar-refractivity contribution in [1.29, 1.82) is 0 Å². The molecule has 4 nitrogen and oxygen atoms in total. The first-order chi connectivity index (χ1) is 9.15.